The molecule has 10 heteroatoms. The number of rotatable bonds is 6. The fourth-order valence-corrected chi connectivity index (χ4v) is 3.87. The van der Waals surface area contributed by atoms with Crippen LogP contribution in [0, 0.1) is 0 Å². The smallest absolute Gasteiger partial charge is 0.284 e. The van der Waals surface area contributed by atoms with Crippen LogP contribution in [-0.4, -0.2) is 61.7 Å². The lowest BCUT2D eigenvalue weighted by Crippen LogP contribution is -2.54. The van der Waals surface area contributed by atoms with Crippen molar-refractivity contribution in [2.45, 2.75) is 30.9 Å². The Kier molecular flexibility index (Phi) is 5.62. The predicted molar refractivity (Wildman–Crippen MR) is 85.4 cm³/mol. The van der Waals surface area contributed by atoms with Gasteiger partial charge in [-0.1, -0.05) is 13.3 Å². The van der Waals surface area contributed by atoms with E-state index in [1.807, 2.05) is 6.92 Å². The zero-order valence-electron chi connectivity index (χ0n) is 13.5. The summed E-state index contributed by atoms with van der Waals surface area (Å²) in [4.78, 5) is 24.7. The van der Waals surface area contributed by atoms with Crippen molar-refractivity contribution in [1.29, 1.82) is 0 Å². The van der Waals surface area contributed by atoms with Crippen molar-refractivity contribution >= 4 is 21.8 Å². The number of nitrogens with zero attached hydrogens (tertiary/aromatic N) is 2. The first-order valence-electron chi connectivity index (χ1n) is 7.71. The van der Waals surface area contributed by atoms with Crippen LogP contribution >= 0.6 is 0 Å². The van der Waals surface area contributed by atoms with E-state index in [1.165, 1.54) is 16.4 Å². The lowest BCUT2D eigenvalue weighted by atomic mass is 10.1. The first kappa shape index (κ1) is 18.4. The van der Waals surface area contributed by atoms with E-state index in [0.717, 1.165) is 6.42 Å². The molecule has 0 spiro atoms. The number of piperazine rings is 1. The first-order valence-corrected chi connectivity index (χ1v) is 9.15. The summed E-state index contributed by atoms with van der Waals surface area (Å²) < 4.78 is 31.2. The minimum absolute atomic E-state index is 0.138. The Hall–Kier alpha value is -1.91. The average Bonchev–Trinajstić information content (AvgIpc) is 3.05. The van der Waals surface area contributed by atoms with Gasteiger partial charge in [-0.25, -0.2) is 8.42 Å². The highest BCUT2D eigenvalue weighted by Crippen LogP contribution is 2.20. The number of amides is 2. The fourth-order valence-electron chi connectivity index (χ4n) is 2.54. The molecule has 1 unspecified atom stereocenters. The van der Waals surface area contributed by atoms with Gasteiger partial charge < -0.3 is 20.8 Å². The second-order valence-corrected chi connectivity index (χ2v) is 7.48. The molecule has 0 saturated carbocycles. The molecule has 0 bridgehead atoms. The monoisotopic (exact) mass is 358 g/mol. The van der Waals surface area contributed by atoms with Crippen molar-refractivity contribution in [3.8, 4) is 0 Å². The standard InChI is InChI=1S/C14H22N4O5S/c1-2-3-10(15)14(20)17-6-8-18(9-7-17)24(21,22)12-5-4-11(23-12)13(16)19/h4-5,10H,2-3,6-9,15H2,1H3,(H2,16,19). The van der Waals surface area contributed by atoms with Gasteiger partial charge in [0.15, 0.2) is 5.76 Å². The molecule has 24 heavy (non-hydrogen) atoms. The third kappa shape index (κ3) is 3.77. The van der Waals surface area contributed by atoms with E-state index in [0.29, 0.717) is 6.42 Å². The van der Waals surface area contributed by atoms with Crippen LogP contribution in [-0.2, 0) is 14.8 Å². The molecule has 1 fully saturated rings. The van der Waals surface area contributed by atoms with E-state index in [1.54, 1.807) is 4.90 Å². The summed E-state index contributed by atoms with van der Waals surface area (Å²) in [6.45, 7) is 2.75. The van der Waals surface area contributed by atoms with Crippen molar-refractivity contribution in [1.82, 2.24) is 9.21 Å². The number of sulfonamides is 1. The van der Waals surface area contributed by atoms with E-state index in [4.69, 9.17) is 15.9 Å². The molecule has 9 nitrogen and oxygen atoms in total. The SMILES string of the molecule is CCCC(N)C(=O)N1CCN(S(=O)(=O)c2ccc(C(N)=O)o2)CC1. The van der Waals surface area contributed by atoms with Crippen LogP contribution in [0.2, 0.25) is 0 Å². The molecule has 0 aromatic carbocycles. The summed E-state index contributed by atoms with van der Waals surface area (Å²) in [7, 11) is -3.86. The van der Waals surface area contributed by atoms with Crippen molar-refractivity contribution in [2.75, 3.05) is 26.2 Å². The van der Waals surface area contributed by atoms with Gasteiger partial charge in [0.05, 0.1) is 6.04 Å². The lowest BCUT2D eigenvalue weighted by Gasteiger charge is -2.34. The molecule has 1 atom stereocenters. The highest BCUT2D eigenvalue weighted by molar-refractivity contribution is 7.89. The van der Waals surface area contributed by atoms with E-state index < -0.39 is 22.0 Å². The number of nitrogens with two attached hydrogens (primary N) is 2. The number of primary amides is 1. The average molecular weight is 358 g/mol. The summed E-state index contributed by atoms with van der Waals surface area (Å²) >= 11 is 0. The maximum atomic E-state index is 12.5. The van der Waals surface area contributed by atoms with Crippen LogP contribution < -0.4 is 11.5 Å². The molecule has 2 amide bonds. The van der Waals surface area contributed by atoms with Gasteiger partial charge in [0, 0.05) is 26.2 Å². The summed E-state index contributed by atoms with van der Waals surface area (Å²) in [6, 6.07) is 1.87. The number of furan rings is 1. The van der Waals surface area contributed by atoms with Gasteiger partial charge >= 0.3 is 0 Å². The molecule has 134 valence electrons. The van der Waals surface area contributed by atoms with Gasteiger partial charge in [-0.15, -0.1) is 0 Å². The second kappa shape index (κ2) is 7.32. The molecule has 1 aromatic rings. The molecular formula is C14H22N4O5S. The Labute approximate surface area is 140 Å². The van der Waals surface area contributed by atoms with Gasteiger partial charge in [0.25, 0.3) is 15.9 Å². The largest absolute Gasteiger partial charge is 0.438 e. The maximum absolute atomic E-state index is 12.5. The normalized spacial score (nSPS) is 17.7. The topological polar surface area (TPSA) is 140 Å². The number of hydrogen-bond acceptors (Lipinski definition) is 6. The zero-order chi connectivity index (χ0) is 17.9. The lowest BCUT2D eigenvalue weighted by molar-refractivity contribution is -0.133. The van der Waals surface area contributed by atoms with Gasteiger partial charge in [-0.3, -0.25) is 9.59 Å². The Morgan fingerprint density at radius 2 is 1.88 bits per heavy atom. The quantitative estimate of drug-likeness (QED) is 0.692. The maximum Gasteiger partial charge on any atom is 0.284 e. The van der Waals surface area contributed by atoms with Crippen LogP contribution in [0.1, 0.15) is 30.3 Å². The van der Waals surface area contributed by atoms with Crippen molar-refractivity contribution in [2.24, 2.45) is 11.5 Å². The first-order chi connectivity index (χ1) is 11.3. The number of carbonyl (C=O) groups excluding carboxylic acids is 2. The van der Waals surface area contributed by atoms with Crippen molar-refractivity contribution < 1.29 is 22.4 Å². The van der Waals surface area contributed by atoms with Crippen LogP contribution in [0.5, 0.6) is 0 Å². The highest BCUT2D eigenvalue weighted by Gasteiger charge is 2.33. The zero-order valence-corrected chi connectivity index (χ0v) is 14.3. The van der Waals surface area contributed by atoms with Crippen molar-refractivity contribution in [3.63, 3.8) is 0 Å². The predicted octanol–water partition coefficient (Wildman–Crippen LogP) is -0.661. The molecule has 2 rings (SSSR count). The van der Waals surface area contributed by atoms with Crippen LogP contribution in [0.25, 0.3) is 0 Å². The van der Waals surface area contributed by atoms with Gasteiger partial charge in [-0.2, -0.15) is 4.31 Å². The van der Waals surface area contributed by atoms with Crippen molar-refractivity contribution in [3.05, 3.63) is 17.9 Å². The van der Waals surface area contributed by atoms with E-state index in [-0.39, 0.29) is 42.9 Å². The van der Waals surface area contributed by atoms with Crippen LogP contribution in [0.3, 0.4) is 0 Å². The minimum Gasteiger partial charge on any atom is -0.438 e. The Morgan fingerprint density at radius 1 is 1.25 bits per heavy atom. The molecule has 1 aliphatic heterocycles. The number of hydrogen-bond donors (Lipinski definition) is 2. The van der Waals surface area contributed by atoms with Crippen LogP contribution in [0.4, 0.5) is 0 Å². The molecule has 1 aromatic heterocycles. The molecule has 1 saturated heterocycles. The molecule has 0 aliphatic carbocycles. The fraction of sp³-hybridized carbons (Fsp3) is 0.571. The summed E-state index contributed by atoms with van der Waals surface area (Å²) in [6.07, 6.45) is 1.40. The third-order valence-electron chi connectivity index (χ3n) is 3.89. The number of carbonyl (C=O) groups is 2. The molecule has 0 radical (unpaired) electrons. The van der Waals surface area contributed by atoms with Crippen LogP contribution in [0.15, 0.2) is 21.6 Å². The van der Waals surface area contributed by atoms with E-state index >= 15 is 0 Å². The summed E-state index contributed by atoms with van der Waals surface area (Å²) in [5.41, 5.74) is 10.9. The molecular weight excluding hydrogens is 336 g/mol. The van der Waals surface area contributed by atoms with E-state index in [2.05, 4.69) is 0 Å². The Morgan fingerprint density at radius 3 is 2.38 bits per heavy atom. The highest BCUT2D eigenvalue weighted by atomic mass is 32.2. The Bertz CT molecular complexity index is 707. The molecule has 2 heterocycles. The van der Waals surface area contributed by atoms with E-state index in [9.17, 15) is 18.0 Å². The minimum atomic E-state index is -3.86. The second-order valence-electron chi connectivity index (χ2n) is 5.61. The summed E-state index contributed by atoms with van der Waals surface area (Å²) in [5.74, 6) is -1.22. The van der Waals surface area contributed by atoms with Gasteiger partial charge in [-0.05, 0) is 18.6 Å². The molecule has 4 N–H and O–H groups in total. The molecule has 1 aliphatic rings. The van der Waals surface area contributed by atoms with Gasteiger partial charge in [0.2, 0.25) is 11.0 Å². The van der Waals surface area contributed by atoms with Gasteiger partial charge in [0.1, 0.15) is 0 Å². The Balaban J connectivity index is 2.02. The third-order valence-corrected chi connectivity index (χ3v) is 5.66. The summed E-state index contributed by atoms with van der Waals surface area (Å²) in [5, 5.41) is -0.334.